The zero-order valence-corrected chi connectivity index (χ0v) is 24.3. The van der Waals surface area contributed by atoms with Gasteiger partial charge < -0.3 is 10.00 Å². The molecule has 0 saturated heterocycles. The lowest BCUT2D eigenvalue weighted by Gasteiger charge is -2.24. The molecule has 0 aromatic heterocycles. The number of rotatable bonds is 7. The predicted molar refractivity (Wildman–Crippen MR) is 159 cm³/mol. The molecule has 192 valence electrons. The van der Waals surface area contributed by atoms with Crippen molar-refractivity contribution in [3.63, 3.8) is 0 Å². The van der Waals surface area contributed by atoms with Crippen molar-refractivity contribution in [3.8, 4) is 0 Å². The smallest absolute Gasteiger partial charge is 0.0967 e. The van der Waals surface area contributed by atoms with Crippen molar-refractivity contribution in [1.29, 1.82) is 0 Å². The molecule has 3 rings (SSSR count). The minimum absolute atomic E-state index is 0.103. The fourth-order valence-electron chi connectivity index (χ4n) is 4.54. The fraction of sp³-hybridized carbons (Fsp3) is 0.400. The van der Waals surface area contributed by atoms with Crippen LogP contribution in [0.2, 0.25) is 0 Å². The van der Waals surface area contributed by atoms with Crippen LogP contribution in [0.3, 0.4) is 0 Å². The lowest BCUT2D eigenvalue weighted by atomic mass is 9.87. The van der Waals surface area contributed by atoms with Gasteiger partial charge in [-0.1, -0.05) is 37.8 Å². The molecule has 4 unspecified atom stereocenters. The van der Waals surface area contributed by atoms with Gasteiger partial charge in [-0.3, -0.25) is 9.98 Å². The summed E-state index contributed by atoms with van der Waals surface area (Å²) in [6.07, 6.45) is 4.50. The maximum Gasteiger partial charge on any atom is 0.0967 e. The maximum atomic E-state index is 10.3. The number of hydrogen-bond acceptors (Lipinski definition) is 5. The summed E-state index contributed by atoms with van der Waals surface area (Å²) < 4.78 is 0. The van der Waals surface area contributed by atoms with Gasteiger partial charge in [-0.05, 0) is 99.9 Å². The van der Waals surface area contributed by atoms with Gasteiger partial charge in [0.2, 0.25) is 0 Å². The maximum absolute atomic E-state index is 10.3. The highest BCUT2D eigenvalue weighted by Gasteiger charge is 2.32. The largest absolute Gasteiger partial charge is 0.385 e. The average Bonchev–Trinajstić information content (AvgIpc) is 2.97. The molecule has 0 fully saturated rings. The molecule has 0 spiro atoms. The Kier molecular flexibility index (Phi) is 9.51. The second kappa shape index (κ2) is 12.0. The third kappa shape index (κ3) is 6.63. The number of allylic oxidation sites excluding steroid dienone is 2. The summed E-state index contributed by atoms with van der Waals surface area (Å²) in [5.41, 5.74) is 7.37. The van der Waals surface area contributed by atoms with Gasteiger partial charge in [-0.2, -0.15) is 0 Å². The number of fused-ring (bicyclic) bond motifs is 1. The van der Waals surface area contributed by atoms with Gasteiger partial charge in [0.1, 0.15) is 0 Å². The Balaban J connectivity index is 1.90. The highest BCUT2D eigenvalue weighted by atomic mass is 32.2. The molecule has 4 atom stereocenters. The second-order valence-corrected chi connectivity index (χ2v) is 12.7. The SMILES string of the molecule is C=C/C(=C\N=C(C)C(C)(C)O)c1ccc(N=C(C)C2CC(C)c3c(C)cccc3SC2PO)c(C)c1. The highest BCUT2D eigenvalue weighted by molar-refractivity contribution is 8.04. The molecule has 2 aromatic rings. The molecule has 2 N–H and O–H groups in total. The minimum atomic E-state index is -0.963. The van der Waals surface area contributed by atoms with Gasteiger partial charge in [0.25, 0.3) is 0 Å². The number of benzene rings is 2. The van der Waals surface area contributed by atoms with Crippen LogP contribution in [0.4, 0.5) is 5.69 Å². The fourth-order valence-corrected chi connectivity index (χ4v) is 7.08. The number of aryl methyl sites for hydroxylation is 2. The van der Waals surface area contributed by atoms with Crippen molar-refractivity contribution in [1.82, 2.24) is 0 Å². The molecule has 0 amide bonds. The monoisotopic (exact) mass is 522 g/mol. The zero-order valence-electron chi connectivity index (χ0n) is 22.5. The number of nitrogens with zero attached hydrogens (tertiary/aromatic N) is 2. The molecule has 6 heteroatoms. The van der Waals surface area contributed by atoms with Crippen LogP contribution in [0.25, 0.3) is 5.57 Å². The summed E-state index contributed by atoms with van der Waals surface area (Å²) in [5, 5.41) is 10.1. The summed E-state index contributed by atoms with van der Waals surface area (Å²) in [4.78, 5) is 21.2. The predicted octanol–water partition coefficient (Wildman–Crippen LogP) is 7.98. The van der Waals surface area contributed by atoms with E-state index in [0.717, 1.165) is 34.5 Å². The van der Waals surface area contributed by atoms with Crippen molar-refractivity contribution in [3.05, 3.63) is 77.5 Å². The third-order valence-electron chi connectivity index (χ3n) is 7.00. The molecular weight excluding hydrogens is 483 g/mol. The standard InChI is InChI=1S/C30H39N2O2PS/c1-9-23(17-31-22(6)30(7,8)33)24-13-14-26(19(3)15-24)32-21(5)25-16-20(4)28-18(2)11-10-12-27(28)36-29(25)35-34/h9-15,17,20,25,29,33-35H,1,16H2,2-8H3/b23-17+,31-22?,32-21?. The van der Waals surface area contributed by atoms with Gasteiger partial charge in [0.05, 0.1) is 16.3 Å². The van der Waals surface area contributed by atoms with E-state index in [1.54, 1.807) is 37.9 Å². The Labute approximate surface area is 222 Å². The van der Waals surface area contributed by atoms with Crippen molar-refractivity contribution in [2.45, 2.75) is 76.3 Å². The normalized spacial score (nSPS) is 22.0. The molecule has 0 bridgehead atoms. The van der Waals surface area contributed by atoms with Crippen LogP contribution in [-0.2, 0) is 0 Å². The second-order valence-electron chi connectivity index (χ2n) is 10.2. The summed E-state index contributed by atoms with van der Waals surface area (Å²) in [6.45, 7) is 17.8. The molecule has 1 heterocycles. The van der Waals surface area contributed by atoms with Gasteiger partial charge in [0.15, 0.2) is 0 Å². The first-order chi connectivity index (χ1) is 17.0. The number of aliphatic hydroxyl groups is 1. The molecule has 2 aromatic carbocycles. The van der Waals surface area contributed by atoms with Gasteiger partial charge in [-0.15, -0.1) is 11.8 Å². The summed E-state index contributed by atoms with van der Waals surface area (Å²) in [7, 11) is -0.147. The van der Waals surface area contributed by atoms with Gasteiger partial charge in [-0.25, -0.2) is 0 Å². The van der Waals surface area contributed by atoms with Crippen LogP contribution in [0.5, 0.6) is 0 Å². The van der Waals surface area contributed by atoms with Crippen LogP contribution in [0.1, 0.15) is 69.2 Å². The summed E-state index contributed by atoms with van der Waals surface area (Å²) in [5.74, 6) is 0.601. The Morgan fingerprint density at radius 3 is 2.50 bits per heavy atom. The molecule has 0 saturated carbocycles. The number of thioether (sulfide) groups is 1. The van der Waals surface area contributed by atoms with E-state index < -0.39 is 5.60 Å². The zero-order chi connectivity index (χ0) is 26.6. The first-order valence-corrected chi connectivity index (χ1v) is 14.3. The van der Waals surface area contributed by atoms with E-state index in [-0.39, 0.29) is 19.7 Å². The number of hydrogen-bond donors (Lipinski definition) is 2. The Bertz CT molecular complexity index is 1210. The van der Waals surface area contributed by atoms with Crippen molar-refractivity contribution in [2.75, 3.05) is 0 Å². The average molecular weight is 523 g/mol. The molecule has 4 nitrogen and oxygen atoms in total. The highest BCUT2D eigenvalue weighted by Crippen LogP contribution is 2.49. The van der Waals surface area contributed by atoms with Crippen molar-refractivity contribution < 1.29 is 10.00 Å². The molecule has 0 aliphatic carbocycles. The molecule has 36 heavy (non-hydrogen) atoms. The lowest BCUT2D eigenvalue weighted by Crippen LogP contribution is -2.28. The summed E-state index contributed by atoms with van der Waals surface area (Å²) >= 11 is 1.80. The van der Waals surface area contributed by atoms with E-state index >= 15 is 0 Å². The van der Waals surface area contributed by atoms with Gasteiger partial charge in [0, 0.05) is 37.2 Å². The van der Waals surface area contributed by atoms with E-state index in [4.69, 9.17) is 4.99 Å². The van der Waals surface area contributed by atoms with E-state index in [2.05, 4.69) is 63.5 Å². The van der Waals surface area contributed by atoms with Gasteiger partial charge >= 0.3 is 0 Å². The summed E-state index contributed by atoms with van der Waals surface area (Å²) in [6, 6.07) is 12.7. The van der Waals surface area contributed by atoms with Crippen molar-refractivity contribution >= 4 is 43.3 Å². The minimum Gasteiger partial charge on any atom is -0.385 e. The quantitative estimate of drug-likeness (QED) is 0.220. The van der Waals surface area contributed by atoms with E-state index in [1.165, 1.54) is 16.0 Å². The van der Waals surface area contributed by atoms with Crippen LogP contribution >= 0.6 is 20.6 Å². The topological polar surface area (TPSA) is 65.2 Å². The van der Waals surface area contributed by atoms with Crippen molar-refractivity contribution in [2.24, 2.45) is 15.9 Å². The van der Waals surface area contributed by atoms with Crippen LogP contribution < -0.4 is 0 Å². The number of aliphatic imine (C=N–C) groups is 2. The molecule has 1 aliphatic heterocycles. The van der Waals surface area contributed by atoms with E-state index in [9.17, 15) is 10.00 Å². The molecule has 0 radical (unpaired) electrons. The lowest BCUT2D eigenvalue weighted by molar-refractivity contribution is 0.153. The third-order valence-corrected chi connectivity index (χ3v) is 9.52. The Morgan fingerprint density at radius 2 is 1.89 bits per heavy atom. The first-order valence-electron chi connectivity index (χ1n) is 12.4. The van der Waals surface area contributed by atoms with E-state index in [1.807, 2.05) is 19.1 Å². The Hall–Kier alpha value is -2.04. The molecule has 1 aliphatic rings. The van der Waals surface area contributed by atoms with Crippen LogP contribution in [0, 0.1) is 19.8 Å². The van der Waals surface area contributed by atoms with Crippen LogP contribution in [0.15, 0.2) is 70.1 Å². The first kappa shape index (κ1) is 28.5. The van der Waals surface area contributed by atoms with Crippen LogP contribution in [-0.4, -0.2) is 32.0 Å². The molecular formula is C30H39N2O2PS. The van der Waals surface area contributed by atoms with E-state index in [0.29, 0.717) is 11.6 Å². The Morgan fingerprint density at radius 1 is 1.17 bits per heavy atom.